The van der Waals surface area contributed by atoms with Crippen LogP contribution in [0.5, 0.6) is 0 Å². The van der Waals surface area contributed by atoms with Gasteiger partial charge in [0.25, 0.3) is 5.91 Å². The predicted molar refractivity (Wildman–Crippen MR) is 92.7 cm³/mol. The van der Waals surface area contributed by atoms with Crippen LogP contribution < -0.4 is 10.6 Å². The van der Waals surface area contributed by atoms with Crippen molar-refractivity contribution in [1.29, 1.82) is 0 Å². The van der Waals surface area contributed by atoms with E-state index in [9.17, 15) is 9.59 Å². The van der Waals surface area contributed by atoms with Crippen molar-refractivity contribution in [2.24, 2.45) is 11.1 Å². The lowest BCUT2D eigenvalue weighted by molar-refractivity contribution is -0.131. The van der Waals surface area contributed by atoms with Crippen LogP contribution in [0.1, 0.15) is 37.8 Å². The van der Waals surface area contributed by atoms with Crippen molar-refractivity contribution in [1.82, 2.24) is 10.6 Å². The molecule has 130 valence electrons. The Morgan fingerprint density at radius 1 is 1.25 bits per heavy atom. The maximum Gasteiger partial charge on any atom is 0.264 e. The number of hydrogen-bond donors (Lipinski definition) is 2. The molecule has 1 aliphatic heterocycles. The van der Waals surface area contributed by atoms with Gasteiger partial charge in [-0.05, 0) is 18.4 Å². The Kier molecular flexibility index (Phi) is 6.35. The maximum absolute atomic E-state index is 12.1. The van der Waals surface area contributed by atoms with Gasteiger partial charge >= 0.3 is 0 Å². The molecule has 2 rings (SSSR count). The van der Waals surface area contributed by atoms with Gasteiger partial charge < -0.3 is 15.5 Å². The standard InChI is InChI=1S/C18H25N3O3/c1-12(2)11-20-17(22)8-9-19-18(23)16-10-15(21-24-16)14-6-4-13(3)5-7-14/h4-7,12,16H,8-11H2,1-3H3,(H,19,23)(H,20,22)/t16-/m1/s1. The first-order valence-electron chi connectivity index (χ1n) is 8.30. The number of nitrogens with zero attached hydrogens (tertiary/aromatic N) is 1. The highest BCUT2D eigenvalue weighted by Gasteiger charge is 2.28. The van der Waals surface area contributed by atoms with Gasteiger partial charge in [-0.1, -0.05) is 48.8 Å². The van der Waals surface area contributed by atoms with Crippen LogP contribution in [0.3, 0.4) is 0 Å². The van der Waals surface area contributed by atoms with E-state index in [2.05, 4.69) is 15.8 Å². The molecule has 2 N–H and O–H groups in total. The fraction of sp³-hybridized carbons (Fsp3) is 0.500. The van der Waals surface area contributed by atoms with Crippen molar-refractivity contribution in [2.75, 3.05) is 13.1 Å². The third-order valence-electron chi connectivity index (χ3n) is 3.70. The average Bonchev–Trinajstić information content (AvgIpc) is 3.03. The van der Waals surface area contributed by atoms with Crippen LogP contribution in [-0.2, 0) is 14.4 Å². The van der Waals surface area contributed by atoms with Crippen molar-refractivity contribution in [2.45, 2.75) is 39.7 Å². The minimum Gasteiger partial charge on any atom is -0.382 e. The van der Waals surface area contributed by atoms with Crippen LogP contribution in [0.2, 0.25) is 0 Å². The quantitative estimate of drug-likeness (QED) is 0.799. The molecule has 1 aromatic carbocycles. The van der Waals surface area contributed by atoms with E-state index >= 15 is 0 Å². The smallest absolute Gasteiger partial charge is 0.264 e. The highest BCUT2D eigenvalue weighted by molar-refractivity contribution is 6.04. The molecule has 0 aromatic heterocycles. The lowest BCUT2D eigenvalue weighted by Gasteiger charge is -2.10. The molecule has 0 spiro atoms. The van der Waals surface area contributed by atoms with Gasteiger partial charge in [0.1, 0.15) is 0 Å². The molecule has 2 amide bonds. The molecule has 0 saturated heterocycles. The molecule has 0 saturated carbocycles. The summed E-state index contributed by atoms with van der Waals surface area (Å²) in [5.41, 5.74) is 2.90. The van der Waals surface area contributed by atoms with Crippen molar-refractivity contribution >= 4 is 17.5 Å². The van der Waals surface area contributed by atoms with Gasteiger partial charge in [0.2, 0.25) is 12.0 Å². The average molecular weight is 331 g/mol. The zero-order chi connectivity index (χ0) is 17.5. The summed E-state index contributed by atoms with van der Waals surface area (Å²) < 4.78 is 0. The van der Waals surface area contributed by atoms with Crippen LogP contribution in [0.4, 0.5) is 0 Å². The molecular weight excluding hydrogens is 306 g/mol. The third kappa shape index (κ3) is 5.37. The summed E-state index contributed by atoms with van der Waals surface area (Å²) in [6.07, 6.45) is 0.0747. The zero-order valence-electron chi connectivity index (χ0n) is 14.5. The summed E-state index contributed by atoms with van der Waals surface area (Å²) in [6.45, 7) is 7.02. The van der Waals surface area contributed by atoms with Crippen molar-refractivity contribution in [3.63, 3.8) is 0 Å². The third-order valence-corrected chi connectivity index (χ3v) is 3.70. The lowest BCUT2D eigenvalue weighted by Crippen LogP contribution is -2.37. The second kappa shape index (κ2) is 8.47. The van der Waals surface area contributed by atoms with E-state index < -0.39 is 6.10 Å². The van der Waals surface area contributed by atoms with Crippen molar-refractivity contribution < 1.29 is 14.4 Å². The Bertz CT molecular complexity index is 608. The fourth-order valence-corrected chi connectivity index (χ4v) is 2.25. The lowest BCUT2D eigenvalue weighted by atomic mass is 10.0. The summed E-state index contributed by atoms with van der Waals surface area (Å²) in [6, 6.07) is 7.94. The highest BCUT2D eigenvalue weighted by Crippen LogP contribution is 2.17. The van der Waals surface area contributed by atoms with Crippen LogP contribution in [0, 0.1) is 12.8 Å². The number of aryl methyl sites for hydroxylation is 1. The number of carbonyl (C=O) groups is 2. The Labute approximate surface area is 142 Å². The van der Waals surface area contributed by atoms with Crippen molar-refractivity contribution in [3.8, 4) is 0 Å². The summed E-state index contributed by atoms with van der Waals surface area (Å²) in [7, 11) is 0. The van der Waals surface area contributed by atoms with E-state index in [0.717, 1.165) is 11.3 Å². The van der Waals surface area contributed by atoms with Gasteiger partial charge in [-0.3, -0.25) is 9.59 Å². The number of hydrogen-bond acceptors (Lipinski definition) is 4. The van der Waals surface area contributed by atoms with E-state index in [1.54, 1.807) is 0 Å². The predicted octanol–water partition coefficient (Wildman–Crippen LogP) is 1.77. The Hall–Kier alpha value is -2.37. The molecular formula is C18H25N3O3. The van der Waals surface area contributed by atoms with Gasteiger partial charge in [0.15, 0.2) is 0 Å². The van der Waals surface area contributed by atoms with Crippen LogP contribution in [0.25, 0.3) is 0 Å². The molecule has 6 heteroatoms. The molecule has 1 aromatic rings. The minimum absolute atomic E-state index is 0.0621. The number of carbonyl (C=O) groups excluding carboxylic acids is 2. The summed E-state index contributed by atoms with van der Waals surface area (Å²) in [5, 5.41) is 9.55. The van der Waals surface area contributed by atoms with Gasteiger partial charge in [0, 0.05) is 25.9 Å². The Balaban J connectivity index is 1.71. The monoisotopic (exact) mass is 331 g/mol. The Morgan fingerprint density at radius 3 is 2.62 bits per heavy atom. The van der Waals surface area contributed by atoms with Crippen molar-refractivity contribution in [3.05, 3.63) is 35.4 Å². The molecule has 1 heterocycles. The van der Waals surface area contributed by atoms with Crippen LogP contribution in [0.15, 0.2) is 29.4 Å². The first-order chi connectivity index (χ1) is 11.5. The van der Waals surface area contributed by atoms with E-state index in [4.69, 9.17) is 4.84 Å². The second-order valence-corrected chi connectivity index (χ2v) is 6.44. The molecule has 0 aliphatic carbocycles. The van der Waals surface area contributed by atoms with Crippen LogP contribution in [-0.4, -0.2) is 36.7 Å². The second-order valence-electron chi connectivity index (χ2n) is 6.44. The number of oxime groups is 1. The molecule has 0 radical (unpaired) electrons. The van der Waals surface area contributed by atoms with Gasteiger partial charge in [-0.2, -0.15) is 0 Å². The van der Waals surface area contributed by atoms with E-state index in [1.807, 2.05) is 45.0 Å². The van der Waals surface area contributed by atoms with Gasteiger partial charge in [0.05, 0.1) is 5.71 Å². The molecule has 0 bridgehead atoms. The fourth-order valence-electron chi connectivity index (χ4n) is 2.25. The molecule has 1 atom stereocenters. The first-order valence-corrected chi connectivity index (χ1v) is 8.30. The van der Waals surface area contributed by atoms with Crippen LogP contribution >= 0.6 is 0 Å². The van der Waals surface area contributed by atoms with E-state index in [1.165, 1.54) is 5.56 Å². The maximum atomic E-state index is 12.1. The zero-order valence-corrected chi connectivity index (χ0v) is 14.5. The summed E-state index contributed by atoms with van der Waals surface area (Å²) in [4.78, 5) is 28.9. The molecule has 6 nitrogen and oxygen atoms in total. The SMILES string of the molecule is Cc1ccc(C2=NO[C@@H](C(=O)NCCC(=O)NCC(C)C)C2)cc1. The van der Waals surface area contributed by atoms with Gasteiger partial charge in [-0.25, -0.2) is 0 Å². The molecule has 0 fully saturated rings. The topological polar surface area (TPSA) is 79.8 Å². The molecule has 0 unspecified atom stereocenters. The first kappa shape index (κ1) is 18.0. The Morgan fingerprint density at radius 2 is 1.96 bits per heavy atom. The van der Waals surface area contributed by atoms with E-state index in [-0.39, 0.29) is 18.2 Å². The number of benzene rings is 1. The molecule has 24 heavy (non-hydrogen) atoms. The van der Waals surface area contributed by atoms with Gasteiger partial charge in [-0.15, -0.1) is 0 Å². The number of rotatable bonds is 7. The van der Waals surface area contributed by atoms with E-state index in [0.29, 0.717) is 25.4 Å². The molecule has 1 aliphatic rings. The number of amides is 2. The number of nitrogens with one attached hydrogen (secondary N) is 2. The largest absolute Gasteiger partial charge is 0.382 e. The highest BCUT2D eigenvalue weighted by atomic mass is 16.6. The minimum atomic E-state index is -0.625. The summed E-state index contributed by atoms with van der Waals surface area (Å²) >= 11 is 0. The summed E-state index contributed by atoms with van der Waals surface area (Å²) in [5.74, 6) is 0.109. The normalized spacial score (nSPS) is 16.5.